The van der Waals surface area contributed by atoms with Crippen LogP contribution in [0.2, 0.25) is 0 Å². The number of hydrogen-bond donors (Lipinski definition) is 0. The quantitative estimate of drug-likeness (QED) is 0.606. The minimum absolute atomic E-state index is 0.269. The van der Waals surface area contributed by atoms with Gasteiger partial charge in [0, 0.05) is 6.42 Å². The van der Waals surface area contributed by atoms with Crippen LogP contribution in [0.3, 0.4) is 0 Å². The van der Waals surface area contributed by atoms with E-state index in [0.717, 1.165) is 12.0 Å². The zero-order valence-corrected chi connectivity index (χ0v) is 11.6. The van der Waals surface area contributed by atoms with Crippen molar-refractivity contribution in [1.29, 1.82) is 0 Å². The van der Waals surface area contributed by atoms with Gasteiger partial charge in [0.05, 0.1) is 12.2 Å². The number of hydrogen-bond acceptors (Lipinski definition) is 2. The second kappa shape index (κ2) is 7.29. The van der Waals surface area contributed by atoms with E-state index in [0.29, 0.717) is 12.2 Å². The predicted molar refractivity (Wildman–Crippen MR) is 81.2 cm³/mol. The molecule has 0 fully saturated rings. The normalized spacial score (nSPS) is 11.2. The van der Waals surface area contributed by atoms with Gasteiger partial charge in [-0.25, -0.2) is 4.79 Å². The molecule has 0 bridgehead atoms. The summed E-state index contributed by atoms with van der Waals surface area (Å²) in [5.41, 5.74) is 2.67. The second-order valence-electron chi connectivity index (χ2n) is 4.44. The van der Waals surface area contributed by atoms with E-state index in [2.05, 4.69) is 0 Å². The van der Waals surface area contributed by atoms with Crippen LogP contribution in [-0.2, 0) is 16.0 Å². The van der Waals surface area contributed by atoms with Gasteiger partial charge in [-0.05, 0) is 18.1 Å². The Balaban J connectivity index is 1.91. The third kappa shape index (κ3) is 3.82. The summed E-state index contributed by atoms with van der Waals surface area (Å²) in [6, 6.07) is 19.6. The molecule has 20 heavy (non-hydrogen) atoms. The summed E-state index contributed by atoms with van der Waals surface area (Å²) in [6.07, 6.45) is 2.53. The van der Waals surface area contributed by atoms with Gasteiger partial charge in [-0.2, -0.15) is 0 Å². The highest BCUT2D eigenvalue weighted by Crippen LogP contribution is 2.15. The van der Waals surface area contributed by atoms with Gasteiger partial charge in [0.25, 0.3) is 0 Å². The van der Waals surface area contributed by atoms with E-state index >= 15 is 0 Å². The van der Waals surface area contributed by atoms with Crippen molar-refractivity contribution in [2.45, 2.75) is 13.3 Å². The van der Waals surface area contributed by atoms with Crippen LogP contribution >= 0.6 is 0 Å². The number of benzene rings is 2. The maximum Gasteiger partial charge on any atom is 0.338 e. The predicted octanol–water partition coefficient (Wildman–Crippen LogP) is 3.88. The number of carbonyl (C=O) groups excluding carboxylic acids is 1. The molecule has 0 saturated carbocycles. The van der Waals surface area contributed by atoms with Crippen molar-refractivity contribution in [3.8, 4) is 0 Å². The average molecular weight is 266 g/mol. The molecule has 0 heterocycles. The third-order valence-electron chi connectivity index (χ3n) is 3.06. The lowest BCUT2D eigenvalue weighted by atomic mass is 10.1. The molecule has 2 aromatic carbocycles. The molecule has 0 atom stereocenters. The monoisotopic (exact) mass is 266 g/mol. The van der Waals surface area contributed by atoms with Crippen molar-refractivity contribution < 1.29 is 9.53 Å². The van der Waals surface area contributed by atoms with Crippen LogP contribution < -0.4 is 0 Å². The summed E-state index contributed by atoms with van der Waals surface area (Å²) in [7, 11) is 0. The summed E-state index contributed by atoms with van der Waals surface area (Å²) in [4.78, 5) is 12.1. The molecular formula is C18H18O2. The molecule has 0 amide bonds. The van der Waals surface area contributed by atoms with Crippen LogP contribution in [0.15, 0.2) is 66.7 Å². The van der Waals surface area contributed by atoms with Gasteiger partial charge in [0.2, 0.25) is 0 Å². The highest BCUT2D eigenvalue weighted by Gasteiger charge is 2.11. The highest BCUT2D eigenvalue weighted by molar-refractivity contribution is 6.16. The molecule has 2 aromatic rings. The first kappa shape index (κ1) is 14.1. The fourth-order valence-electron chi connectivity index (χ4n) is 2.00. The Morgan fingerprint density at radius 3 is 2.20 bits per heavy atom. The van der Waals surface area contributed by atoms with Crippen molar-refractivity contribution in [3.05, 3.63) is 77.9 Å². The Hall–Kier alpha value is -2.35. The SMILES string of the molecule is CC=C(C(=O)OCCc1ccccc1)c1ccccc1. The summed E-state index contributed by atoms with van der Waals surface area (Å²) in [5, 5.41) is 0. The minimum atomic E-state index is -0.269. The molecule has 0 aliphatic heterocycles. The standard InChI is InChI=1S/C18H18O2/c1-2-17(16-11-7-4-8-12-16)18(19)20-14-13-15-9-5-3-6-10-15/h2-12H,13-14H2,1H3. The molecule has 0 aliphatic carbocycles. The van der Waals surface area contributed by atoms with Gasteiger partial charge in [0.1, 0.15) is 0 Å². The van der Waals surface area contributed by atoms with Gasteiger partial charge in [-0.3, -0.25) is 0 Å². The van der Waals surface area contributed by atoms with Gasteiger partial charge in [-0.15, -0.1) is 0 Å². The molecule has 2 heteroatoms. The Morgan fingerprint density at radius 1 is 1.00 bits per heavy atom. The first-order valence-corrected chi connectivity index (χ1v) is 6.74. The third-order valence-corrected chi connectivity index (χ3v) is 3.06. The average Bonchev–Trinajstić information content (AvgIpc) is 2.50. The molecule has 0 aromatic heterocycles. The van der Waals surface area contributed by atoms with Crippen LogP contribution in [0.5, 0.6) is 0 Å². The van der Waals surface area contributed by atoms with E-state index < -0.39 is 0 Å². The summed E-state index contributed by atoms with van der Waals surface area (Å²) in [6.45, 7) is 2.24. The number of esters is 1. The lowest BCUT2D eigenvalue weighted by Crippen LogP contribution is -2.09. The zero-order valence-electron chi connectivity index (χ0n) is 11.6. The zero-order chi connectivity index (χ0) is 14.2. The smallest absolute Gasteiger partial charge is 0.338 e. The Kier molecular flexibility index (Phi) is 5.13. The molecular weight excluding hydrogens is 248 g/mol. The minimum Gasteiger partial charge on any atom is -0.462 e. The van der Waals surface area contributed by atoms with Crippen molar-refractivity contribution in [3.63, 3.8) is 0 Å². The fourth-order valence-corrected chi connectivity index (χ4v) is 2.00. The van der Waals surface area contributed by atoms with Gasteiger partial charge in [0.15, 0.2) is 0 Å². The van der Waals surface area contributed by atoms with Crippen molar-refractivity contribution in [2.24, 2.45) is 0 Å². The summed E-state index contributed by atoms with van der Waals surface area (Å²) >= 11 is 0. The molecule has 2 rings (SSSR count). The Bertz CT molecular complexity index is 571. The lowest BCUT2D eigenvalue weighted by molar-refractivity contribution is -0.136. The van der Waals surface area contributed by atoms with E-state index in [1.54, 1.807) is 6.08 Å². The maximum atomic E-state index is 12.1. The van der Waals surface area contributed by atoms with E-state index in [4.69, 9.17) is 4.74 Å². The molecule has 0 saturated heterocycles. The van der Waals surface area contributed by atoms with Crippen LogP contribution in [-0.4, -0.2) is 12.6 Å². The van der Waals surface area contributed by atoms with Crippen LogP contribution in [0.25, 0.3) is 5.57 Å². The van der Waals surface area contributed by atoms with E-state index in [9.17, 15) is 4.79 Å². The molecule has 0 N–H and O–H groups in total. The first-order chi connectivity index (χ1) is 9.81. The van der Waals surface area contributed by atoms with Crippen molar-refractivity contribution in [1.82, 2.24) is 0 Å². The van der Waals surface area contributed by atoms with Gasteiger partial charge < -0.3 is 4.74 Å². The molecule has 0 unspecified atom stereocenters. The number of rotatable bonds is 5. The largest absolute Gasteiger partial charge is 0.462 e. The van der Waals surface area contributed by atoms with Crippen LogP contribution in [0, 0.1) is 0 Å². The Morgan fingerprint density at radius 2 is 1.60 bits per heavy atom. The van der Waals surface area contributed by atoms with E-state index in [1.807, 2.05) is 67.6 Å². The van der Waals surface area contributed by atoms with Crippen molar-refractivity contribution in [2.75, 3.05) is 6.61 Å². The summed E-state index contributed by atoms with van der Waals surface area (Å²) in [5.74, 6) is -0.269. The maximum absolute atomic E-state index is 12.1. The molecule has 0 aliphatic rings. The fraction of sp³-hybridized carbons (Fsp3) is 0.167. The highest BCUT2D eigenvalue weighted by atomic mass is 16.5. The van der Waals surface area contributed by atoms with Crippen molar-refractivity contribution >= 4 is 11.5 Å². The van der Waals surface area contributed by atoms with Crippen LogP contribution in [0.1, 0.15) is 18.1 Å². The van der Waals surface area contributed by atoms with Gasteiger partial charge >= 0.3 is 5.97 Å². The molecule has 0 spiro atoms. The van der Waals surface area contributed by atoms with E-state index in [1.165, 1.54) is 5.56 Å². The lowest BCUT2D eigenvalue weighted by Gasteiger charge is -2.08. The number of carbonyl (C=O) groups is 1. The molecule has 102 valence electrons. The van der Waals surface area contributed by atoms with Gasteiger partial charge in [-0.1, -0.05) is 66.7 Å². The molecule has 0 radical (unpaired) electrons. The van der Waals surface area contributed by atoms with E-state index in [-0.39, 0.29) is 5.97 Å². The second-order valence-corrected chi connectivity index (χ2v) is 4.44. The summed E-state index contributed by atoms with van der Waals surface area (Å²) < 4.78 is 5.35. The first-order valence-electron chi connectivity index (χ1n) is 6.74. The molecule has 2 nitrogen and oxygen atoms in total. The number of ether oxygens (including phenoxy) is 1. The Labute approximate surface area is 119 Å². The number of allylic oxidation sites excluding steroid dienone is 1. The van der Waals surface area contributed by atoms with Crippen LogP contribution in [0.4, 0.5) is 0 Å². The topological polar surface area (TPSA) is 26.3 Å².